The molecule has 1 fully saturated rings. The summed E-state index contributed by atoms with van der Waals surface area (Å²) in [6.07, 6.45) is 0. The molecule has 0 spiro atoms. The van der Waals surface area contributed by atoms with Crippen molar-refractivity contribution in [2.45, 2.75) is 25.8 Å². The minimum atomic E-state index is -0.140. The van der Waals surface area contributed by atoms with Crippen LogP contribution in [0.4, 0.5) is 10.1 Å². The Morgan fingerprint density at radius 3 is 2.03 bits per heavy atom. The number of nitrogens with zero attached hydrogens (tertiary/aromatic N) is 2. The monoisotopic (exact) mass is 422 g/mol. The largest absolute Gasteiger partial charge is 0.369 e. The first-order chi connectivity index (χ1) is 14.5. The van der Waals surface area contributed by atoms with Crippen LogP contribution >= 0.6 is 11.6 Å². The van der Waals surface area contributed by atoms with Crippen LogP contribution in [0.15, 0.2) is 72.8 Å². The van der Waals surface area contributed by atoms with E-state index in [1.54, 1.807) is 12.1 Å². The molecule has 4 heteroatoms. The zero-order chi connectivity index (χ0) is 21.1. The Morgan fingerprint density at radius 2 is 1.40 bits per heavy atom. The van der Waals surface area contributed by atoms with E-state index in [1.807, 2.05) is 30.3 Å². The molecular formula is C26H28ClFN2. The molecule has 3 aromatic carbocycles. The van der Waals surface area contributed by atoms with Gasteiger partial charge in [-0.1, -0.05) is 74.0 Å². The molecule has 0 radical (unpaired) electrons. The summed E-state index contributed by atoms with van der Waals surface area (Å²) in [5, 5.41) is 0.755. The second-order valence-electron chi connectivity index (χ2n) is 8.21. The van der Waals surface area contributed by atoms with E-state index < -0.39 is 0 Å². The Morgan fingerprint density at radius 1 is 0.767 bits per heavy atom. The van der Waals surface area contributed by atoms with Crippen molar-refractivity contribution >= 4 is 17.3 Å². The van der Waals surface area contributed by atoms with E-state index in [4.69, 9.17) is 11.6 Å². The number of halogens is 2. The lowest BCUT2D eigenvalue weighted by molar-refractivity contribution is 0.208. The molecule has 1 aliphatic heterocycles. The predicted octanol–water partition coefficient (Wildman–Crippen LogP) is 6.51. The maximum Gasteiger partial charge on any atom is 0.128 e. The summed E-state index contributed by atoms with van der Waals surface area (Å²) in [7, 11) is 0. The van der Waals surface area contributed by atoms with Gasteiger partial charge in [-0.05, 0) is 41.3 Å². The van der Waals surface area contributed by atoms with Crippen molar-refractivity contribution in [3.63, 3.8) is 0 Å². The van der Waals surface area contributed by atoms with Crippen molar-refractivity contribution in [3.8, 4) is 0 Å². The van der Waals surface area contributed by atoms with Gasteiger partial charge in [0.05, 0.1) is 6.04 Å². The van der Waals surface area contributed by atoms with Gasteiger partial charge in [0.1, 0.15) is 5.82 Å². The fourth-order valence-corrected chi connectivity index (χ4v) is 4.64. The predicted molar refractivity (Wildman–Crippen MR) is 124 cm³/mol. The standard InChI is InChI=1S/C26H28ClFN2/c1-19(2)22-10-3-4-11-23(22)26(24-12-5-6-13-25(24)28)30-16-14-29(15-17-30)21-9-7-8-20(27)18-21/h3-13,18-19,26H,14-17H2,1-2H3. The van der Waals surface area contributed by atoms with Gasteiger partial charge in [-0.2, -0.15) is 0 Å². The van der Waals surface area contributed by atoms with Crippen molar-refractivity contribution < 1.29 is 4.39 Å². The third-order valence-corrected chi connectivity index (χ3v) is 6.20. The smallest absolute Gasteiger partial charge is 0.128 e. The number of anilines is 1. The van der Waals surface area contributed by atoms with E-state index in [0.29, 0.717) is 5.92 Å². The van der Waals surface area contributed by atoms with Crippen LogP contribution in [-0.2, 0) is 0 Å². The molecule has 156 valence electrons. The van der Waals surface area contributed by atoms with Gasteiger partial charge >= 0.3 is 0 Å². The molecular weight excluding hydrogens is 395 g/mol. The maximum atomic E-state index is 14.9. The van der Waals surface area contributed by atoms with E-state index in [1.165, 1.54) is 11.1 Å². The summed E-state index contributed by atoms with van der Waals surface area (Å²) in [5.41, 5.74) is 4.38. The van der Waals surface area contributed by atoms with E-state index in [9.17, 15) is 4.39 Å². The fourth-order valence-electron chi connectivity index (χ4n) is 4.45. The zero-order valence-electron chi connectivity index (χ0n) is 17.6. The van der Waals surface area contributed by atoms with Crippen molar-refractivity contribution in [2.75, 3.05) is 31.1 Å². The first-order valence-electron chi connectivity index (χ1n) is 10.6. The van der Waals surface area contributed by atoms with Gasteiger partial charge in [0.2, 0.25) is 0 Å². The molecule has 2 nitrogen and oxygen atoms in total. The average molecular weight is 423 g/mol. The average Bonchev–Trinajstić information content (AvgIpc) is 2.76. The SMILES string of the molecule is CC(C)c1ccccc1C(c1ccccc1F)N1CCN(c2cccc(Cl)c2)CC1. The van der Waals surface area contributed by atoms with Crippen LogP contribution in [0.2, 0.25) is 5.02 Å². The minimum absolute atomic E-state index is 0.0914. The number of piperazine rings is 1. The summed E-state index contributed by atoms with van der Waals surface area (Å²) in [4.78, 5) is 4.77. The Hall–Kier alpha value is -2.36. The number of hydrogen-bond donors (Lipinski definition) is 0. The van der Waals surface area contributed by atoms with E-state index in [-0.39, 0.29) is 11.9 Å². The molecule has 1 unspecified atom stereocenters. The lowest BCUT2D eigenvalue weighted by Gasteiger charge is -2.41. The van der Waals surface area contributed by atoms with Gasteiger partial charge in [0, 0.05) is 42.5 Å². The normalized spacial score (nSPS) is 16.1. The Bertz CT molecular complexity index is 996. The topological polar surface area (TPSA) is 6.48 Å². The van der Waals surface area contributed by atoms with Crippen LogP contribution in [0.3, 0.4) is 0 Å². The second-order valence-corrected chi connectivity index (χ2v) is 8.65. The van der Waals surface area contributed by atoms with Gasteiger partial charge in [-0.3, -0.25) is 4.90 Å². The lowest BCUT2D eigenvalue weighted by atomic mass is 9.88. The Balaban J connectivity index is 1.66. The molecule has 0 aliphatic carbocycles. The van der Waals surface area contributed by atoms with Crippen molar-refractivity contribution in [1.29, 1.82) is 0 Å². The number of hydrogen-bond acceptors (Lipinski definition) is 2. The first kappa shape index (κ1) is 20.9. The molecule has 1 aliphatic rings. The molecule has 3 aromatic rings. The van der Waals surface area contributed by atoms with Gasteiger partial charge in [0.15, 0.2) is 0 Å². The molecule has 0 N–H and O–H groups in total. The Labute approximate surface area is 183 Å². The van der Waals surface area contributed by atoms with Crippen molar-refractivity contribution in [2.24, 2.45) is 0 Å². The molecule has 0 aromatic heterocycles. The van der Waals surface area contributed by atoms with Gasteiger partial charge in [-0.25, -0.2) is 4.39 Å². The quantitative estimate of drug-likeness (QED) is 0.462. The Kier molecular flexibility index (Phi) is 6.40. The van der Waals surface area contributed by atoms with Crippen LogP contribution in [0, 0.1) is 5.82 Å². The first-order valence-corrected chi connectivity index (χ1v) is 11.0. The zero-order valence-corrected chi connectivity index (χ0v) is 18.3. The van der Waals surface area contributed by atoms with E-state index >= 15 is 0 Å². The third kappa shape index (κ3) is 4.38. The molecule has 30 heavy (non-hydrogen) atoms. The number of benzene rings is 3. The summed E-state index contributed by atoms with van der Waals surface area (Å²) in [6, 6.07) is 23.6. The molecule has 1 atom stereocenters. The summed E-state index contributed by atoms with van der Waals surface area (Å²) < 4.78 is 14.9. The van der Waals surface area contributed by atoms with Crippen LogP contribution in [-0.4, -0.2) is 31.1 Å². The molecule has 4 rings (SSSR count). The van der Waals surface area contributed by atoms with Gasteiger partial charge in [0.25, 0.3) is 0 Å². The lowest BCUT2D eigenvalue weighted by Crippen LogP contribution is -2.48. The van der Waals surface area contributed by atoms with Crippen LogP contribution in [0.25, 0.3) is 0 Å². The molecule has 0 saturated carbocycles. The van der Waals surface area contributed by atoms with E-state index in [0.717, 1.165) is 42.5 Å². The van der Waals surface area contributed by atoms with Gasteiger partial charge < -0.3 is 4.90 Å². The highest BCUT2D eigenvalue weighted by atomic mass is 35.5. The fraction of sp³-hybridized carbons (Fsp3) is 0.308. The summed E-state index contributed by atoms with van der Waals surface area (Å²) in [5.74, 6) is 0.238. The van der Waals surface area contributed by atoms with Crippen LogP contribution < -0.4 is 4.90 Å². The van der Waals surface area contributed by atoms with Crippen LogP contribution in [0.1, 0.15) is 42.5 Å². The number of rotatable bonds is 5. The molecule has 0 bridgehead atoms. The maximum absolute atomic E-state index is 14.9. The second kappa shape index (κ2) is 9.20. The van der Waals surface area contributed by atoms with Crippen molar-refractivity contribution in [3.05, 3.63) is 100 Å². The highest BCUT2D eigenvalue weighted by molar-refractivity contribution is 6.30. The third-order valence-electron chi connectivity index (χ3n) is 5.97. The molecule has 1 saturated heterocycles. The highest BCUT2D eigenvalue weighted by Crippen LogP contribution is 2.36. The minimum Gasteiger partial charge on any atom is -0.369 e. The molecule has 1 heterocycles. The van der Waals surface area contributed by atoms with E-state index in [2.05, 4.69) is 54.0 Å². The summed E-state index contributed by atoms with van der Waals surface area (Å²) in [6.45, 7) is 7.89. The van der Waals surface area contributed by atoms with Gasteiger partial charge in [-0.15, -0.1) is 0 Å². The molecule has 0 amide bonds. The van der Waals surface area contributed by atoms with Crippen LogP contribution in [0.5, 0.6) is 0 Å². The summed E-state index contributed by atoms with van der Waals surface area (Å²) >= 11 is 6.19. The van der Waals surface area contributed by atoms with Crippen molar-refractivity contribution in [1.82, 2.24) is 4.90 Å². The highest BCUT2D eigenvalue weighted by Gasteiger charge is 2.30.